The molecule has 0 unspecified atom stereocenters. The molecular formula is C19H30N5O6PS2. The molecule has 0 aliphatic carbocycles. The van der Waals surface area contributed by atoms with E-state index in [4.69, 9.17) is 28.8 Å². The lowest BCUT2D eigenvalue weighted by Crippen LogP contribution is -2.36. The summed E-state index contributed by atoms with van der Waals surface area (Å²) in [5.74, 6) is 0.898. The van der Waals surface area contributed by atoms with Crippen molar-refractivity contribution >= 4 is 46.5 Å². The fourth-order valence-corrected chi connectivity index (χ4v) is 7.34. The van der Waals surface area contributed by atoms with E-state index in [1.165, 1.54) is 0 Å². The Balaban J connectivity index is 1.44. The lowest BCUT2D eigenvalue weighted by molar-refractivity contribution is -0.0700. The van der Waals surface area contributed by atoms with Crippen molar-refractivity contribution in [2.75, 3.05) is 31.3 Å². The van der Waals surface area contributed by atoms with E-state index in [9.17, 15) is 4.57 Å². The van der Waals surface area contributed by atoms with Crippen LogP contribution in [0.4, 0.5) is 5.95 Å². The first-order chi connectivity index (χ1) is 15.6. The fraction of sp³-hybridized carbons (Fsp3) is 0.737. The van der Waals surface area contributed by atoms with Crippen LogP contribution in [-0.4, -0.2) is 62.0 Å². The molecule has 14 heteroatoms. The van der Waals surface area contributed by atoms with Crippen molar-refractivity contribution in [2.45, 2.75) is 57.8 Å². The van der Waals surface area contributed by atoms with Gasteiger partial charge in [-0.3, -0.25) is 18.1 Å². The number of phosphoric acid groups is 1. The highest BCUT2D eigenvalue weighted by molar-refractivity contribution is 8.77. The molecule has 2 fully saturated rings. The van der Waals surface area contributed by atoms with E-state index in [1.807, 2.05) is 13.8 Å². The molecule has 2 saturated heterocycles. The maximum absolute atomic E-state index is 13.0. The maximum Gasteiger partial charge on any atom is 0.475 e. The van der Waals surface area contributed by atoms with Crippen LogP contribution in [0.5, 0.6) is 5.88 Å². The molecule has 2 aliphatic rings. The van der Waals surface area contributed by atoms with E-state index >= 15 is 0 Å². The van der Waals surface area contributed by atoms with Crippen molar-refractivity contribution in [3.8, 4) is 5.88 Å². The number of nitrogens with zero attached hydrogens (tertiary/aromatic N) is 4. The average molecular weight is 520 g/mol. The molecule has 0 aromatic carbocycles. The Kier molecular flexibility index (Phi) is 7.50. The lowest BCUT2D eigenvalue weighted by Gasteiger charge is -2.31. The molecule has 0 bridgehead atoms. The first kappa shape index (κ1) is 25.0. The summed E-state index contributed by atoms with van der Waals surface area (Å²) in [6.45, 7) is 11.0. The second kappa shape index (κ2) is 9.88. The van der Waals surface area contributed by atoms with E-state index in [-0.39, 0.29) is 29.8 Å². The Morgan fingerprint density at radius 1 is 1.36 bits per heavy atom. The molecule has 0 spiro atoms. The monoisotopic (exact) mass is 519 g/mol. The van der Waals surface area contributed by atoms with Crippen LogP contribution in [0.25, 0.3) is 11.2 Å². The summed E-state index contributed by atoms with van der Waals surface area (Å²) >= 11 is 0. The Labute approximate surface area is 200 Å². The zero-order chi connectivity index (χ0) is 23.8. The molecule has 2 N–H and O–H groups in total. The number of phosphoric ester groups is 1. The van der Waals surface area contributed by atoms with Gasteiger partial charge in [0.15, 0.2) is 11.2 Å². The molecule has 2 aromatic rings. The second-order valence-corrected chi connectivity index (χ2v) is 13.6. The first-order valence-electron chi connectivity index (χ1n) is 10.8. The van der Waals surface area contributed by atoms with E-state index in [0.717, 1.165) is 0 Å². The summed E-state index contributed by atoms with van der Waals surface area (Å²) in [5, 5.41) is 0. The molecule has 0 amide bonds. The highest BCUT2D eigenvalue weighted by Crippen LogP contribution is 2.58. The SMILES string of the molecule is CCOc1nc(N)nc2c1ncn2[C@@H]1O[C@@H]2CO[P@](=O)(OCCSSC(C)(C)C)O[C@H]2[C@@H]1C. The van der Waals surface area contributed by atoms with Crippen molar-refractivity contribution in [1.82, 2.24) is 19.5 Å². The number of fused-ring (bicyclic) bond motifs is 2. The number of anilines is 1. The van der Waals surface area contributed by atoms with Crippen LogP contribution in [0.3, 0.4) is 0 Å². The van der Waals surface area contributed by atoms with Gasteiger partial charge >= 0.3 is 7.82 Å². The van der Waals surface area contributed by atoms with Gasteiger partial charge in [-0.25, -0.2) is 9.55 Å². The van der Waals surface area contributed by atoms with Gasteiger partial charge in [0.05, 0.1) is 26.1 Å². The van der Waals surface area contributed by atoms with Crippen LogP contribution < -0.4 is 10.5 Å². The van der Waals surface area contributed by atoms with Crippen LogP contribution >= 0.6 is 29.4 Å². The molecule has 184 valence electrons. The van der Waals surface area contributed by atoms with E-state index in [2.05, 4.69) is 35.7 Å². The number of ether oxygens (including phenoxy) is 2. The van der Waals surface area contributed by atoms with Gasteiger partial charge in [0, 0.05) is 16.4 Å². The van der Waals surface area contributed by atoms with Crippen molar-refractivity contribution in [3.63, 3.8) is 0 Å². The maximum atomic E-state index is 13.0. The quantitative estimate of drug-likeness (QED) is 0.306. The standard InChI is InChI=1S/C19H30N5O6PS2/c1-6-26-16-13-15(22-18(20)23-16)24(10-21-13)17-11(2)14-12(29-17)9-28-31(25,30-14)27-7-8-32-33-19(3,4)5/h10-12,14,17H,6-9H2,1-5H3,(H2,20,22,23)/t11-,12+,14-,17+,31-/m0/s1. The zero-order valence-corrected chi connectivity index (χ0v) is 21.8. The van der Waals surface area contributed by atoms with Gasteiger partial charge in [0.1, 0.15) is 18.4 Å². The molecule has 5 atom stereocenters. The van der Waals surface area contributed by atoms with Gasteiger partial charge in [-0.05, 0) is 6.92 Å². The molecule has 0 saturated carbocycles. The highest BCUT2D eigenvalue weighted by Gasteiger charge is 2.52. The summed E-state index contributed by atoms with van der Waals surface area (Å²) in [6, 6.07) is 0. The van der Waals surface area contributed by atoms with E-state index in [0.29, 0.717) is 29.4 Å². The predicted molar refractivity (Wildman–Crippen MR) is 128 cm³/mol. The van der Waals surface area contributed by atoms with Gasteiger partial charge in [0.25, 0.3) is 0 Å². The van der Waals surface area contributed by atoms with Crippen LogP contribution in [-0.2, 0) is 22.9 Å². The summed E-state index contributed by atoms with van der Waals surface area (Å²) in [7, 11) is -0.258. The second-order valence-electron chi connectivity index (χ2n) is 8.73. The van der Waals surface area contributed by atoms with Crippen LogP contribution in [0.1, 0.15) is 40.8 Å². The van der Waals surface area contributed by atoms with Crippen molar-refractivity contribution < 1.29 is 27.6 Å². The average Bonchev–Trinajstić information content (AvgIpc) is 3.28. The number of imidazole rings is 1. The number of nitrogens with two attached hydrogens (primary N) is 1. The molecule has 2 aliphatic heterocycles. The van der Waals surface area contributed by atoms with Gasteiger partial charge in [0.2, 0.25) is 11.8 Å². The molecule has 0 radical (unpaired) electrons. The zero-order valence-electron chi connectivity index (χ0n) is 19.3. The van der Waals surface area contributed by atoms with E-state index < -0.39 is 26.3 Å². The Hall–Kier alpha value is -1.08. The Morgan fingerprint density at radius 3 is 2.88 bits per heavy atom. The van der Waals surface area contributed by atoms with Crippen LogP contribution in [0.15, 0.2) is 6.33 Å². The number of hydrogen-bond donors (Lipinski definition) is 1. The lowest BCUT2D eigenvalue weighted by atomic mass is 10.0. The predicted octanol–water partition coefficient (Wildman–Crippen LogP) is 4.06. The van der Waals surface area contributed by atoms with Crippen molar-refractivity contribution in [1.29, 1.82) is 0 Å². The highest BCUT2D eigenvalue weighted by atomic mass is 33.1. The Bertz CT molecular complexity index is 1030. The summed E-state index contributed by atoms with van der Waals surface area (Å²) in [6.07, 6.45) is 0.280. The van der Waals surface area contributed by atoms with E-state index in [1.54, 1.807) is 32.5 Å². The molecule has 2 aromatic heterocycles. The van der Waals surface area contributed by atoms with Crippen LogP contribution in [0, 0.1) is 5.92 Å². The summed E-state index contributed by atoms with van der Waals surface area (Å²) in [4.78, 5) is 12.9. The van der Waals surface area contributed by atoms with Gasteiger partial charge < -0.3 is 15.2 Å². The molecule has 11 nitrogen and oxygen atoms in total. The molecule has 4 rings (SSSR count). The normalized spacial score (nSPS) is 30.0. The molecule has 33 heavy (non-hydrogen) atoms. The number of hydrogen-bond acceptors (Lipinski definition) is 12. The first-order valence-corrected chi connectivity index (χ1v) is 14.5. The number of aromatic nitrogens is 4. The summed E-state index contributed by atoms with van der Waals surface area (Å²) < 4.78 is 43.6. The molecule has 4 heterocycles. The minimum absolute atomic E-state index is 0.0794. The topological polar surface area (TPSA) is 133 Å². The number of rotatable bonds is 8. The third-order valence-electron chi connectivity index (χ3n) is 4.98. The smallest absolute Gasteiger partial charge is 0.475 e. The molecular weight excluding hydrogens is 489 g/mol. The van der Waals surface area contributed by atoms with Gasteiger partial charge in [-0.15, -0.1) is 0 Å². The fourth-order valence-electron chi connectivity index (χ4n) is 3.64. The van der Waals surface area contributed by atoms with Gasteiger partial charge in [-0.2, -0.15) is 9.97 Å². The van der Waals surface area contributed by atoms with Gasteiger partial charge in [-0.1, -0.05) is 49.3 Å². The third-order valence-corrected chi connectivity index (χ3v) is 9.75. The minimum atomic E-state index is -3.67. The number of nitrogen functional groups attached to an aromatic ring is 1. The Morgan fingerprint density at radius 2 is 2.15 bits per heavy atom. The van der Waals surface area contributed by atoms with Crippen molar-refractivity contribution in [3.05, 3.63) is 6.33 Å². The van der Waals surface area contributed by atoms with Crippen molar-refractivity contribution in [2.24, 2.45) is 5.92 Å². The third kappa shape index (κ3) is 5.61. The summed E-state index contributed by atoms with van der Waals surface area (Å²) in [5.41, 5.74) is 6.86. The van der Waals surface area contributed by atoms with Crippen LogP contribution in [0.2, 0.25) is 0 Å². The largest absolute Gasteiger partial charge is 0.476 e. The minimum Gasteiger partial charge on any atom is -0.476 e.